The van der Waals surface area contributed by atoms with Crippen LogP contribution in [0.5, 0.6) is 0 Å². The van der Waals surface area contributed by atoms with Gasteiger partial charge in [0.2, 0.25) is 0 Å². The van der Waals surface area contributed by atoms with E-state index in [4.69, 9.17) is 5.11 Å². The van der Waals surface area contributed by atoms with Crippen LogP contribution in [-0.4, -0.2) is 45.1 Å². The summed E-state index contributed by atoms with van der Waals surface area (Å²) in [6.45, 7) is 1.44. The molecule has 1 fully saturated rings. The minimum Gasteiger partial charge on any atom is -0.480 e. The van der Waals surface area contributed by atoms with Gasteiger partial charge in [0.1, 0.15) is 6.04 Å². The van der Waals surface area contributed by atoms with E-state index in [2.05, 4.69) is 4.98 Å². The molecule has 1 unspecified atom stereocenters. The van der Waals surface area contributed by atoms with Crippen LogP contribution in [-0.2, 0) is 11.3 Å². The fourth-order valence-corrected chi connectivity index (χ4v) is 2.86. The minimum absolute atomic E-state index is 0.374. The molecular formula is C11H14N2O2S. The SMILES string of the molecule is O=C(O)C1CSCCN1Cc1ccccn1. The van der Waals surface area contributed by atoms with E-state index in [-0.39, 0.29) is 6.04 Å². The summed E-state index contributed by atoms with van der Waals surface area (Å²) in [5.41, 5.74) is 0.931. The summed E-state index contributed by atoms with van der Waals surface area (Å²) in [5, 5.41) is 9.11. The van der Waals surface area contributed by atoms with Crippen LogP contribution in [0.3, 0.4) is 0 Å². The smallest absolute Gasteiger partial charge is 0.321 e. The van der Waals surface area contributed by atoms with Crippen molar-refractivity contribution in [2.75, 3.05) is 18.1 Å². The molecule has 0 amide bonds. The normalized spacial score (nSPS) is 21.9. The first-order valence-electron chi connectivity index (χ1n) is 5.22. The van der Waals surface area contributed by atoms with E-state index in [0.29, 0.717) is 12.3 Å². The summed E-state index contributed by atoms with van der Waals surface area (Å²) < 4.78 is 0. The first-order chi connectivity index (χ1) is 7.77. The quantitative estimate of drug-likeness (QED) is 0.854. The average molecular weight is 238 g/mol. The van der Waals surface area contributed by atoms with Crippen molar-refractivity contribution >= 4 is 17.7 Å². The number of thioether (sulfide) groups is 1. The number of rotatable bonds is 3. The second-order valence-corrected chi connectivity index (χ2v) is 4.87. The lowest BCUT2D eigenvalue weighted by Gasteiger charge is -2.32. The van der Waals surface area contributed by atoms with Crippen LogP contribution in [0.4, 0.5) is 0 Å². The number of pyridine rings is 1. The first kappa shape index (κ1) is 11.4. The Morgan fingerprint density at radius 2 is 2.50 bits per heavy atom. The highest BCUT2D eigenvalue weighted by atomic mass is 32.2. The number of carboxylic acid groups (broad SMARTS) is 1. The van der Waals surface area contributed by atoms with Crippen LogP contribution in [0.2, 0.25) is 0 Å². The molecule has 1 aliphatic heterocycles. The van der Waals surface area contributed by atoms with Crippen LogP contribution < -0.4 is 0 Å². The van der Waals surface area contributed by atoms with Gasteiger partial charge in [-0.2, -0.15) is 11.8 Å². The maximum absolute atomic E-state index is 11.1. The van der Waals surface area contributed by atoms with E-state index in [1.165, 1.54) is 0 Å². The van der Waals surface area contributed by atoms with Gasteiger partial charge in [-0.3, -0.25) is 14.7 Å². The van der Waals surface area contributed by atoms with Gasteiger partial charge in [-0.15, -0.1) is 0 Å². The summed E-state index contributed by atoms with van der Waals surface area (Å²) >= 11 is 1.70. The molecule has 4 nitrogen and oxygen atoms in total. The molecule has 0 spiro atoms. The van der Waals surface area contributed by atoms with E-state index < -0.39 is 5.97 Å². The number of nitrogens with zero attached hydrogens (tertiary/aromatic N) is 2. The molecule has 0 saturated carbocycles. The minimum atomic E-state index is -0.733. The summed E-state index contributed by atoms with van der Waals surface area (Å²) in [7, 11) is 0. The molecule has 86 valence electrons. The van der Waals surface area contributed by atoms with Gasteiger partial charge < -0.3 is 5.11 Å². The lowest BCUT2D eigenvalue weighted by Crippen LogP contribution is -2.46. The Hall–Kier alpha value is -1.07. The second kappa shape index (κ2) is 5.32. The molecule has 1 saturated heterocycles. The Labute approximate surface area is 98.7 Å². The van der Waals surface area contributed by atoms with Gasteiger partial charge in [0.25, 0.3) is 0 Å². The average Bonchev–Trinajstić information content (AvgIpc) is 2.31. The third-order valence-corrected chi connectivity index (χ3v) is 3.64. The van der Waals surface area contributed by atoms with Crippen molar-refractivity contribution in [2.45, 2.75) is 12.6 Å². The van der Waals surface area contributed by atoms with Gasteiger partial charge in [-0.1, -0.05) is 6.07 Å². The Kier molecular flexibility index (Phi) is 3.79. The van der Waals surface area contributed by atoms with Crippen molar-refractivity contribution < 1.29 is 9.90 Å². The number of aliphatic carboxylic acids is 1. The largest absolute Gasteiger partial charge is 0.480 e. The molecule has 0 aromatic carbocycles. The lowest BCUT2D eigenvalue weighted by molar-refractivity contribution is -0.142. The van der Waals surface area contributed by atoms with Crippen molar-refractivity contribution in [3.63, 3.8) is 0 Å². The lowest BCUT2D eigenvalue weighted by atomic mass is 10.2. The van der Waals surface area contributed by atoms with Crippen molar-refractivity contribution in [1.29, 1.82) is 0 Å². The second-order valence-electron chi connectivity index (χ2n) is 3.72. The summed E-state index contributed by atoms with van der Waals surface area (Å²) in [4.78, 5) is 17.3. The van der Waals surface area contributed by atoms with E-state index in [9.17, 15) is 4.79 Å². The Morgan fingerprint density at radius 1 is 1.62 bits per heavy atom. The Morgan fingerprint density at radius 3 is 3.19 bits per heavy atom. The molecule has 16 heavy (non-hydrogen) atoms. The predicted molar refractivity (Wildman–Crippen MR) is 63.4 cm³/mol. The van der Waals surface area contributed by atoms with Gasteiger partial charge in [0, 0.05) is 30.8 Å². The van der Waals surface area contributed by atoms with Gasteiger partial charge in [-0.25, -0.2) is 0 Å². The van der Waals surface area contributed by atoms with Crippen molar-refractivity contribution in [1.82, 2.24) is 9.88 Å². The van der Waals surface area contributed by atoms with Gasteiger partial charge >= 0.3 is 5.97 Å². The maximum atomic E-state index is 11.1. The zero-order valence-electron chi connectivity index (χ0n) is 8.87. The van der Waals surface area contributed by atoms with E-state index in [0.717, 1.165) is 18.0 Å². The Bertz CT molecular complexity index is 358. The van der Waals surface area contributed by atoms with Crippen molar-refractivity contribution in [3.8, 4) is 0 Å². The molecule has 1 aliphatic rings. The molecule has 1 N–H and O–H groups in total. The third-order valence-electron chi connectivity index (χ3n) is 2.62. The first-order valence-corrected chi connectivity index (χ1v) is 6.37. The molecule has 0 aliphatic carbocycles. The highest BCUT2D eigenvalue weighted by molar-refractivity contribution is 7.99. The molecule has 1 aromatic rings. The number of carbonyl (C=O) groups is 1. The van der Waals surface area contributed by atoms with Crippen molar-refractivity contribution in [2.24, 2.45) is 0 Å². The number of hydrogen-bond acceptors (Lipinski definition) is 4. The zero-order valence-corrected chi connectivity index (χ0v) is 9.69. The fourth-order valence-electron chi connectivity index (χ4n) is 1.75. The molecule has 1 aromatic heterocycles. The van der Waals surface area contributed by atoms with Crippen LogP contribution in [0, 0.1) is 0 Å². The van der Waals surface area contributed by atoms with Gasteiger partial charge in [-0.05, 0) is 12.1 Å². The maximum Gasteiger partial charge on any atom is 0.321 e. The summed E-state index contributed by atoms with van der Waals surface area (Å²) in [5.74, 6) is 0.932. The van der Waals surface area contributed by atoms with Crippen LogP contribution in [0.25, 0.3) is 0 Å². The predicted octanol–water partition coefficient (Wildman–Crippen LogP) is 1.08. The molecule has 0 bridgehead atoms. The molecule has 1 atom stereocenters. The molecule has 5 heteroatoms. The number of aromatic nitrogens is 1. The topological polar surface area (TPSA) is 53.4 Å². The molecular weight excluding hydrogens is 224 g/mol. The van der Waals surface area contributed by atoms with Crippen LogP contribution in [0.15, 0.2) is 24.4 Å². The highest BCUT2D eigenvalue weighted by Crippen LogP contribution is 2.18. The highest BCUT2D eigenvalue weighted by Gasteiger charge is 2.28. The van der Waals surface area contributed by atoms with Gasteiger partial charge in [0.05, 0.1) is 5.69 Å². The third kappa shape index (κ3) is 2.74. The van der Waals surface area contributed by atoms with Crippen LogP contribution in [0.1, 0.15) is 5.69 Å². The Balaban J connectivity index is 2.04. The van der Waals surface area contributed by atoms with E-state index >= 15 is 0 Å². The van der Waals surface area contributed by atoms with Gasteiger partial charge in [0.15, 0.2) is 0 Å². The van der Waals surface area contributed by atoms with E-state index in [1.807, 2.05) is 23.1 Å². The summed E-state index contributed by atoms with van der Waals surface area (Å²) in [6, 6.07) is 5.35. The van der Waals surface area contributed by atoms with Crippen LogP contribution >= 0.6 is 11.8 Å². The van der Waals surface area contributed by atoms with Crippen molar-refractivity contribution in [3.05, 3.63) is 30.1 Å². The van der Waals surface area contributed by atoms with E-state index in [1.54, 1.807) is 18.0 Å². The summed E-state index contributed by atoms with van der Waals surface area (Å²) in [6.07, 6.45) is 1.74. The number of hydrogen-bond donors (Lipinski definition) is 1. The molecule has 2 heterocycles. The monoisotopic (exact) mass is 238 g/mol. The molecule has 0 radical (unpaired) electrons. The fraction of sp³-hybridized carbons (Fsp3) is 0.455. The molecule has 2 rings (SSSR count). The number of carboxylic acids is 1. The standard InChI is InChI=1S/C11H14N2O2S/c14-11(15)10-8-16-6-5-13(10)7-9-3-1-2-4-12-9/h1-4,10H,5-8H2,(H,14,15). The zero-order chi connectivity index (χ0) is 11.4.